The van der Waals surface area contributed by atoms with Crippen molar-refractivity contribution in [2.75, 3.05) is 18.5 Å². The van der Waals surface area contributed by atoms with Crippen molar-refractivity contribution in [3.63, 3.8) is 0 Å². The zero-order valence-corrected chi connectivity index (χ0v) is 10.7. The molecule has 2 aromatic rings. The highest BCUT2D eigenvalue weighted by molar-refractivity contribution is 7.09. The first-order chi connectivity index (χ1) is 8.38. The number of rotatable bonds is 6. The van der Waals surface area contributed by atoms with Gasteiger partial charge in [-0.2, -0.15) is 0 Å². The molecule has 0 aliphatic carbocycles. The Morgan fingerprint density at radius 3 is 3.12 bits per heavy atom. The summed E-state index contributed by atoms with van der Waals surface area (Å²) in [5.41, 5.74) is 0. The highest BCUT2D eigenvalue weighted by Crippen LogP contribution is 2.15. The Morgan fingerprint density at radius 2 is 2.35 bits per heavy atom. The first kappa shape index (κ1) is 11.9. The third kappa shape index (κ3) is 3.75. The Hall–Kier alpha value is -1.55. The van der Waals surface area contributed by atoms with E-state index in [1.165, 1.54) is 4.88 Å². The van der Waals surface area contributed by atoms with Gasteiger partial charge in [0.2, 0.25) is 0 Å². The number of nitrogens with zero attached hydrogens (tertiary/aromatic N) is 1. The number of anilines is 1. The Labute approximate surface area is 105 Å². The van der Waals surface area contributed by atoms with E-state index in [1.54, 1.807) is 17.5 Å². The summed E-state index contributed by atoms with van der Waals surface area (Å²) >= 11 is 1.76. The normalized spacial score (nSPS) is 10.2. The maximum absolute atomic E-state index is 5.69. The van der Waals surface area contributed by atoms with Crippen LogP contribution < -0.4 is 10.1 Å². The fourth-order valence-corrected chi connectivity index (χ4v) is 2.19. The van der Waals surface area contributed by atoms with Gasteiger partial charge in [-0.15, -0.1) is 11.3 Å². The van der Waals surface area contributed by atoms with Crippen LogP contribution in [0.25, 0.3) is 0 Å². The minimum Gasteiger partial charge on any atom is -0.493 e. The van der Waals surface area contributed by atoms with Gasteiger partial charge in [0.05, 0.1) is 6.61 Å². The second-order valence-corrected chi connectivity index (χ2v) is 4.62. The predicted octanol–water partition coefficient (Wildman–Crippen LogP) is 3.20. The topological polar surface area (TPSA) is 34.1 Å². The van der Waals surface area contributed by atoms with Crippen molar-refractivity contribution in [2.45, 2.75) is 13.3 Å². The fourth-order valence-electron chi connectivity index (χ4n) is 1.50. The molecule has 1 N–H and O–H groups in total. The van der Waals surface area contributed by atoms with Gasteiger partial charge >= 0.3 is 0 Å². The van der Waals surface area contributed by atoms with E-state index in [2.05, 4.69) is 27.8 Å². The summed E-state index contributed by atoms with van der Waals surface area (Å²) in [5, 5.41) is 5.25. The fraction of sp³-hybridized carbons (Fsp3) is 0.308. The van der Waals surface area contributed by atoms with Crippen LogP contribution in [0.3, 0.4) is 0 Å². The van der Waals surface area contributed by atoms with Crippen LogP contribution in [0.5, 0.6) is 5.75 Å². The molecular formula is C13H16N2OS. The summed E-state index contributed by atoms with van der Waals surface area (Å²) < 4.78 is 5.69. The van der Waals surface area contributed by atoms with Gasteiger partial charge in [0.15, 0.2) is 0 Å². The van der Waals surface area contributed by atoms with Crippen molar-refractivity contribution in [2.24, 2.45) is 0 Å². The number of hydrogen-bond donors (Lipinski definition) is 1. The Balaban J connectivity index is 1.84. The van der Waals surface area contributed by atoms with Crippen LogP contribution in [0, 0.1) is 0 Å². The van der Waals surface area contributed by atoms with E-state index in [1.807, 2.05) is 19.1 Å². The highest BCUT2D eigenvalue weighted by Gasteiger charge is 1.98. The van der Waals surface area contributed by atoms with Gasteiger partial charge in [0.1, 0.15) is 11.6 Å². The van der Waals surface area contributed by atoms with Crippen LogP contribution in [0.2, 0.25) is 0 Å². The van der Waals surface area contributed by atoms with Gasteiger partial charge in [-0.05, 0) is 24.4 Å². The molecular weight excluding hydrogens is 232 g/mol. The van der Waals surface area contributed by atoms with Crippen LogP contribution in [0.15, 0.2) is 35.8 Å². The Morgan fingerprint density at radius 1 is 1.41 bits per heavy atom. The summed E-state index contributed by atoms with van der Waals surface area (Å²) in [7, 11) is 0. The smallest absolute Gasteiger partial charge is 0.129 e. The second-order valence-electron chi connectivity index (χ2n) is 3.58. The largest absolute Gasteiger partial charge is 0.493 e. The molecule has 0 unspecified atom stereocenters. The number of aromatic nitrogens is 1. The van der Waals surface area contributed by atoms with Crippen LogP contribution >= 0.6 is 11.3 Å². The monoisotopic (exact) mass is 248 g/mol. The van der Waals surface area contributed by atoms with Crippen molar-refractivity contribution in [3.05, 3.63) is 40.7 Å². The minimum absolute atomic E-state index is 0.704. The van der Waals surface area contributed by atoms with Gasteiger partial charge in [-0.1, -0.05) is 6.07 Å². The van der Waals surface area contributed by atoms with Crippen molar-refractivity contribution >= 4 is 17.2 Å². The van der Waals surface area contributed by atoms with E-state index < -0.39 is 0 Å². The SMILES string of the molecule is CCNc1cc(OCCc2cccs2)ccn1. The summed E-state index contributed by atoms with van der Waals surface area (Å²) in [6.45, 7) is 3.62. The summed E-state index contributed by atoms with van der Waals surface area (Å²) in [4.78, 5) is 5.55. The Bertz CT molecular complexity index is 442. The number of hydrogen-bond acceptors (Lipinski definition) is 4. The second kappa shape index (κ2) is 6.25. The van der Waals surface area contributed by atoms with Crippen molar-refractivity contribution in [1.82, 2.24) is 4.98 Å². The first-order valence-electron chi connectivity index (χ1n) is 5.73. The van der Waals surface area contributed by atoms with E-state index in [4.69, 9.17) is 4.74 Å². The van der Waals surface area contributed by atoms with Gasteiger partial charge in [0.25, 0.3) is 0 Å². The van der Waals surface area contributed by atoms with E-state index in [9.17, 15) is 0 Å². The zero-order chi connectivity index (χ0) is 11.9. The molecule has 0 atom stereocenters. The Kier molecular flexibility index (Phi) is 4.38. The molecule has 0 bridgehead atoms. The van der Waals surface area contributed by atoms with E-state index >= 15 is 0 Å². The average Bonchev–Trinajstić information content (AvgIpc) is 2.83. The van der Waals surface area contributed by atoms with Crippen LogP contribution in [0.1, 0.15) is 11.8 Å². The molecule has 2 rings (SSSR count). The molecule has 0 radical (unpaired) electrons. The van der Waals surface area contributed by atoms with Gasteiger partial charge in [0, 0.05) is 30.1 Å². The maximum atomic E-state index is 5.69. The molecule has 90 valence electrons. The molecule has 17 heavy (non-hydrogen) atoms. The molecule has 0 aliphatic rings. The lowest BCUT2D eigenvalue weighted by Crippen LogP contribution is -2.02. The van der Waals surface area contributed by atoms with E-state index in [0.717, 1.165) is 24.5 Å². The quantitative estimate of drug-likeness (QED) is 0.852. The summed E-state index contributed by atoms with van der Waals surface area (Å²) in [5.74, 6) is 1.73. The van der Waals surface area contributed by atoms with Crippen molar-refractivity contribution in [3.8, 4) is 5.75 Å². The molecule has 0 aliphatic heterocycles. The highest BCUT2D eigenvalue weighted by atomic mass is 32.1. The maximum Gasteiger partial charge on any atom is 0.129 e. The molecule has 2 aromatic heterocycles. The van der Waals surface area contributed by atoms with Gasteiger partial charge in [-0.25, -0.2) is 4.98 Å². The van der Waals surface area contributed by atoms with Gasteiger partial charge in [-0.3, -0.25) is 0 Å². The van der Waals surface area contributed by atoms with Crippen LogP contribution in [0.4, 0.5) is 5.82 Å². The lowest BCUT2D eigenvalue weighted by atomic mass is 10.3. The van der Waals surface area contributed by atoms with Crippen LogP contribution in [-0.2, 0) is 6.42 Å². The van der Waals surface area contributed by atoms with Crippen LogP contribution in [-0.4, -0.2) is 18.1 Å². The molecule has 0 saturated carbocycles. The zero-order valence-electron chi connectivity index (χ0n) is 9.85. The number of nitrogens with one attached hydrogen (secondary N) is 1. The van der Waals surface area contributed by atoms with Crippen molar-refractivity contribution < 1.29 is 4.74 Å². The third-order valence-corrected chi connectivity index (χ3v) is 3.22. The first-order valence-corrected chi connectivity index (χ1v) is 6.61. The molecule has 0 aromatic carbocycles. The number of ether oxygens (including phenoxy) is 1. The molecule has 0 fully saturated rings. The lowest BCUT2D eigenvalue weighted by molar-refractivity contribution is 0.323. The lowest BCUT2D eigenvalue weighted by Gasteiger charge is -2.07. The molecule has 0 spiro atoms. The predicted molar refractivity (Wildman–Crippen MR) is 71.9 cm³/mol. The molecule has 0 saturated heterocycles. The number of pyridine rings is 1. The molecule has 0 amide bonds. The molecule has 3 nitrogen and oxygen atoms in total. The van der Waals surface area contributed by atoms with Gasteiger partial charge < -0.3 is 10.1 Å². The summed E-state index contributed by atoms with van der Waals surface area (Å²) in [6, 6.07) is 8.01. The minimum atomic E-state index is 0.704. The summed E-state index contributed by atoms with van der Waals surface area (Å²) in [6.07, 6.45) is 2.72. The van der Waals surface area contributed by atoms with E-state index in [-0.39, 0.29) is 0 Å². The average molecular weight is 248 g/mol. The molecule has 2 heterocycles. The van der Waals surface area contributed by atoms with Crippen molar-refractivity contribution in [1.29, 1.82) is 0 Å². The van der Waals surface area contributed by atoms with E-state index in [0.29, 0.717) is 6.61 Å². The third-order valence-electron chi connectivity index (χ3n) is 2.29. The molecule has 4 heteroatoms. The number of thiophene rings is 1. The standard InChI is InChI=1S/C13H16N2OS/c1-2-14-13-10-11(5-7-15-13)16-8-6-12-4-3-9-17-12/h3-5,7,9-10H,2,6,8H2,1H3,(H,14,15).